The molecule has 0 bridgehead atoms. The largest absolute Gasteiger partial charge is 0.466 e. The Balaban J connectivity index is 3.12. The Morgan fingerprint density at radius 3 is 1.10 bits per heavy atom. The summed E-state index contributed by atoms with van der Waals surface area (Å²) in [5.41, 5.74) is 0. The fourth-order valence-electron chi connectivity index (χ4n) is 4.13. The maximum absolute atomic E-state index is 11.8. The lowest BCUT2D eigenvalue weighted by molar-refractivity contribution is -0.143. The third-order valence-electron chi connectivity index (χ3n) is 6.25. The maximum Gasteiger partial charge on any atom is 0.305 e. The van der Waals surface area contributed by atoms with Gasteiger partial charge in [-0.2, -0.15) is 0 Å². The third kappa shape index (κ3) is 25.5. The monoisotopic (exact) mass is 424 g/mol. The molecule has 0 saturated carbocycles. The molecule has 0 aromatic carbocycles. The van der Waals surface area contributed by atoms with Crippen molar-refractivity contribution >= 4 is 5.97 Å². The highest BCUT2D eigenvalue weighted by Crippen LogP contribution is 2.13. The van der Waals surface area contributed by atoms with Gasteiger partial charge in [0.05, 0.1) is 6.61 Å². The Morgan fingerprint density at radius 2 is 0.733 bits per heavy atom. The normalized spacial score (nSPS) is 11.1. The average Bonchev–Trinajstić information content (AvgIpc) is 2.75. The average molecular weight is 425 g/mol. The fraction of sp³-hybridized carbons (Fsp3) is 0.964. The summed E-state index contributed by atoms with van der Waals surface area (Å²) in [6.07, 6.45) is 31.3. The highest BCUT2D eigenvalue weighted by atomic mass is 16.5. The molecule has 0 atom stereocenters. The zero-order valence-corrected chi connectivity index (χ0v) is 21.0. The summed E-state index contributed by atoms with van der Waals surface area (Å²) in [6, 6.07) is 0. The summed E-state index contributed by atoms with van der Waals surface area (Å²) in [5.74, 6) is 0.0210. The quantitative estimate of drug-likeness (QED) is 0.108. The lowest BCUT2D eigenvalue weighted by Gasteiger charge is -2.06. The number of hydrogen-bond acceptors (Lipinski definition) is 2. The first-order valence-corrected chi connectivity index (χ1v) is 14.0. The molecule has 0 aromatic rings. The number of carbonyl (C=O) groups is 1. The molecule has 0 aliphatic heterocycles. The van der Waals surface area contributed by atoms with E-state index in [1.165, 1.54) is 135 Å². The van der Waals surface area contributed by atoms with Crippen molar-refractivity contribution in [3.05, 3.63) is 0 Å². The van der Waals surface area contributed by atoms with Crippen LogP contribution in [0.5, 0.6) is 0 Å². The van der Waals surface area contributed by atoms with Gasteiger partial charge in [0.25, 0.3) is 0 Å². The summed E-state index contributed by atoms with van der Waals surface area (Å²) in [7, 11) is 0. The summed E-state index contributed by atoms with van der Waals surface area (Å²) < 4.78 is 5.38. The molecule has 30 heavy (non-hydrogen) atoms. The van der Waals surface area contributed by atoms with E-state index in [0.29, 0.717) is 13.0 Å². The molecule has 0 heterocycles. The van der Waals surface area contributed by atoms with Crippen molar-refractivity contribution in [2.75, 3.05) is 6.61 Å². The summed E-state index contributed by atoms with van der Waals surface area (Å²) in [6.45, 7) is 5.18. The second kappa shape index (κ2) is 26.5. The molecule has 0 amide bonds. The van der Waals surface area contributed by atoms with Crippen LogP contribution in [-0.2, 0) is 9.53 Å². The van der Waals surface area contributed by atoms with Crippen LogP contribution in [0.15, 0.2) is 0 Å². The second-order valence-electron chi connectivity index (χ2n) is 9.40. The van der Waals surface area contributed by atoms with Crippen molar-refractivity contribution in [3.63, 3.8) is 0 Å². The minimum absolute atomic E-state index is 0.0210. The first-order chi connectivity index (χ1) is 14.8. The van der Waals surface area contributed by atoms with Crippen LogP contribution in [0.3, 0.4) is 0 Å². The molecule has 2 nitrogen and oxygen atoms in total. The molecule has 2 heteroatoms. The topological polar surface area (TPSA) is 26.3 Å². The highest BCUT2D eigenvalue weighted by molar-refractivity contribution is 5.69. The Kier molecular flexibility index (Phi) is 26.0. The molecule has 0 aromatic heterocycles. The summed E-state index contributed by atoms with van der Waals surface area (Å²) in [4.78, 5) is 11.8. The minimum atomic E-state index is 0.0210. The fourth-order valence-corrected chi connectivity index (χ4v) is 4.13. The number of ether oxygens (including phenoxy) is 1. The molecular formula is C28H56O2. The van der Waals surface area contributed by atoms with Crippen molar-refractivity contribution in [2.45, 2.75) is 168 Å². The van der Waals surface area contributed by atoms with Crippen LogP contribution < -0.4 is 0 Å². The smallest absolute Gasteiger partial charge is 0.305 e. The number of unbranched alkanes of at least 4 members (excludes halogenated alkanes) is 21. The van der Waals surface area contributed by atoms with Gasteiger partial charge in [-0.1, -0.05) is 149 Å². The van der Waals surface area contributed by atoms with Crippen molar-refractivity contribution in [2.24, 2.45) is 0 Å². The van der Waals surface area contributed by atoms with Gasteiger partial charge < -0.3 is 4.74 Å². The van der Waals surface area contributed by atoms with Gasteiger partial charge in [0.2, 0.25) is 0 Å². The van der Waals surface area contributed by atoms with Crippen LogP contribution >= 0.6 is 0 Å². The van der Waals surface area contributed by atoms with Crippen molar-refractivity contribution in [1.29, 1.82) is 0 Å². The number of esters is 1. The number of rotatable bonds is 25. The van der Waals surface area contributed by atoms with Gasteiger partial charge in [0, 0.05) is 6.42 Å². The molecule has 0 aliphatic carbocycles. The predicted octanol–water partition coefficient (Wildman–Crippen LogP) is 9.93. The van der Waals surface area contributed by atoms with Crippen LogP contribution in [0.2, 0.25) is 0 Å². The predicted molar refractivity (Wildman–Crippen MR) is 133 cm³/mol. The summed E-state index contributed by atoms with van der Waals surface area (Å²) >= 11 is 0. The van der Waals surface area contributed by atoms with E-state index in [9.17, 15) is 4.79 Å². The van der Waals surface area contributed by atoms with Gasteiger partial charge in [-0.05, 0) is 12.8 Å². The van der Waals surface area contributed by atoms with Gasteiger partial charge in [0.15, 0.2) is 0 Å². The molecule has 0 fully saturated rings. The van der Waals surface area contributed by atoms with Crippen molar-refractivity contribution < 1.29 is 9.53 Å². The minimum Gasteiger partial charge on any atom is -0.466 e. The number of hydrogen-bond donors (Lipinski definition) is 0. The molecule has 0 saturated heterocycles. The molecule has 0 aliphatic rings. The second-order valence-corrected chi connectivity index (χ2v) is 9.40. The van der Waals surface area contributed by atoms with E-state index in [1.807, 2.05) is 0 Å². The van der Waals surface area contributed by atoms with Gasteiger partial charge >= 0.3 is 5.97 Å². The third-order valence-corrected chi connectivity index (χ3v) is 6.25. The van der Waals surface area contributed by atoms with E-state index in [4.69, 9.17) is 4.74 Å². The maximum atomic E-state index is 11.8. The molecule has 0 spiro atoms. The van der Waals surface area contributed by atoms with Crippen LogP contribution in [-0.4, -0.2) is 12.6 Å². The van der Waals surface area contributed by atoms with Gasteiger partial charge in [-0.25, -0.2) is 0 Å². The lowest BCUT2D eigenvalue weighted by atomic mass is 10.0. The molecule has 180 valence electrons. The highest BCUT2D eigenvalue weighted by Gasteiger charge is 2.02. The lowest BCUT2D eigenvalue weighted by Crippen LogP contribution is -2.05. The standard InChI is InChI=1S/C28H56O2/c1-3-5-7-9-11-13-14-15-16-17-19-21-23-25-27-30-28(29)26-24-22-20-18-12-10-8-6-4-2/h3-27H2,1-2H3. The molecule has 0 N–H and O–H groups in total. The van der Waals surface area contributed by atoms with Crippen LogP contribution in [0.4, 0.5) is 0 Å². The Morgan fingerprint density at radius 1 is 0.433 bits per heavy atom. The summed E-state index contributed by atoms with van der Waals surface area (Å²) in [5, 5.41) is 0. The van der Waals surface area contributed by atoms with Gasteiger partial charge in [-0.15, -0.1) is 0 Å². The Bertz CT molecular complexity index is 327. The number of carbonyl (C=O) groups excluding carboxylic acids is 1. The van der Waals surface area contributed by atoms with E-state index >= 15 is 0 Å². The van der Waals surface area contributed by atoms with E-state index in [-0.39, 0.29) is 5.97 Å². The zero-order chi connectivity index (χ0) is 22.0. The van der Waals surface area contributed by atoms with Gasteiger partial charge in [-0.3, -0.25) is 4.79 Å². The molecule has 0 unspecified atom stereocenters. The van der Waals surface area contributed by atoms with E-state index in [0.717, 1.165) is 12.8 Å². The first-order valence-electron chi connectivity index (χ1n) is 14.0. The Labute approximate surface area is 190 Å². The molecular weight excluding hydrogens is 368 g/mol. The molecule has 0 rings (SSSR count). The van der Waals surface area contributed by atoms with Crippen LogP contribution in [0, 0.1) is 0 Å². The van der Waals surface area contributed by atoms with Gasteiger partial charge in [0.1, 0.15) is 0 Å². The SMILES string of the molecule is CCCCCCCCCCCCCCCCOC(=O)CCCCCCCCCCC. The zero-order valence-electron chi connectivity index (χ0n) is 21.0. The molecule has 0 radical (unpaired) electrons. The van der Waals surface area contributed by atoms with Crippen molar-refractivity contribution in [1.82, 2.24) is 0 Å². The van der Waals surface area contributed by atoms with E-state index < -0.39 is 0 Å². The van der Waals surface area contributed by atoms with Crippen LogP contribution in [0.25, 0.3) is 0 Å². The van der Waals surface area contributed by atoms with Crippen LogP contribution in [0.1, 0.15) is 168 Å². The first kappa shape index (κ1) is 29.5. The van der Waals surface area contributed by atoms with E-state index in [2.05, 4.69) is 13.8 Å². The van der Waals surface area contributed by atoms with Crippen molar-refractivity contribution in [3.8, 4) is 0 Å². The van der Waals surface area contributed by atoms with E-state index in [1.54, 1.807) is 0 Å². The Hall–Kier alpha value is -0.530.